The number of carbonyl (C=O) groups excluding carboxylic acids is 1. The number of hydrogen-bond acceptors (Lipinski definition) is 2. The van der Waals surface area contributed by atoms with Crippen molar-refractivity contribution in [3.63, 3.8) is 0 Å². The van der Waals surface area contributed by atoms with Gasteiger partial charge in [-0.3, -0.25) is 4.79 Å². The summed E-state index contributed by atoms with van der Waals surface area (Å²) < 4.78 is 0. The van der Waals surface area contributed by atoms with Crippen LogP contribution in [-0.2, 0) is 0 Å². The summed E-state index contributed by atoms with van der Waals surface area (Å²) in [6, 6.07) is 6.09. The predicted molar refractivity (Wildman–Crippen MR) is 53.8 cm³/mol. The molecule has 4 N–H and O–H groups in total. The van der Waals surface area contributed by atoms with E-state index in [1.807, 2.05) is 0 Å². The Morgan fingerprint density at radius 2 is 2.00 bits per heavy atom. The molecule has 76 valence electrons. The average molecular weight is 204 g/mol. The van der Waals surface area contributed by atoms with Crippen molar-refractivity contribution in [3.05, 3.63) is 35.5 Å². The third-order valence-electron chi connectivity index (χ3n) is 2.13. The summed E-state index contributed by atoms with van der Waals surface area (Å²) in [5, 5.41) is 9.41. The Morgan fingerprint density at radius 1 is 1.27 bits per heavy atom. The van der Waals surface area contributed by atoms with Gasteiger partial charge in [-0.2, -0.15) is 0 Å². The summed E-state index contributed by atoms with van der Waals surface area (Å²) in [5.41, 5.74) is 6.23. The number of aromatic nitrogens is 1. The minimum Gasteiger partial charge on any atom is -0.478 e. The lowest BCUT2D eigenvalue weighted by atomic mass is 10.1. The van der Waals surface area contributed by atoms with Crippen LogP contribution < -0.4 is 5.73 Å². The number of primary amides is 1. The van der Waals surface area contributed by atoms with Crippen LogP contribution in [0.1, 0.15) is 20.8 Å². The lowest BCUT2D eigenvalue weighted by Crippen LogP contribution is -2.10. The van der Waals surface area contributed by atoms with Crippen molar-refractivity contribution >= 4 is 22.8 Å². The number of H-pyrrole nitrogens is 1. The highest BCUT2D eigenvalue weighted by molar-refractivity contribution is 5.99. The van der Waals surface area contributed by atoms with E-state index in [9.17, 15) is 9.59 Å². The number of carboxylic acid groups (broad SMARTS) is 1. The molecule has 5 heteroatoms. The molecule has 0 aliphatic heterocycles. The Kier molecular flexibility index (Phi) is 1.93. The van der Waals surface area contributed by atoms with Gasteiger partial charge in [-0.1, -0.05) is 0 Å². The van der Waals surface area contributed by atoms with E-state index in [0.717, 1.165) is 0 Å². The normalized spacial score (nSPS) is 10.4. The van der Waals surface area contributed by atoms with E-state index in [4.69, 9.17) is 10.8 Å². The van der Waals surface area contributed by atoms with Gasteiger partial charge in [0, 0.05) is 10.9 Å². The third kappa shape index (κ3) is 1.54. The minimum atomic E-state index is -1.00. The smallest absolute Gasteiger partial charge is 0.335 e. The summed E-state index contributed by atoms with van der Waals surface area (Å²) in [5.74, 6) is -1.57. The Balaban J connectivity index is 2.62. The Labute approximate surface area is 84.5 Å². The molecule has 0 bridgehead atoms. The first-order chi connectivity index (χ1) is 7.08. The second kappa shape index (κ2) is 3.13. The first kappa shape index (κ1) is 9.26. The fourth-order valence-electron chi connectivity index (χ4n) is 1.40. The molecule has 1 amide bonds. The maximum Gasteiger partial charge on any atom is 0.335 e. The Bertz CT molecular complexity index is 545. The summed E-state index contributed by atoms with van der Waals surface area (Å²) >= 11 is 0. The van der Waals surface area contributed by atoms with Crippen LogP contribution in [0.25, 0.3) is 10.9 Å². The molecule has 0 spiro atoms. The molecule has 0 aliphatic carbocycles. The maximum absolute atomic E-state index is 10.9. The van der Waals surface area contributed by atoms with Crippen molar-refractivity contribution < 1.29 is 14.7 Å². The number of fused-ring (bicyclic) bond motifs is 1. The van der Waals surface area contributed by atoms with E-state index in [1.165, 1.54) is 18.2 Å². The largest absolute Gasteiger partial charge is 0.478 e. The summed E-state index contributed by atoms with van der Waals surface area (Å²) in [6.07, 6.45) is 0. The molecule has 15 heavy (non-hydrogen) atoms. The molecular weight excluding hydrogens is 196 g/mol. The fourth-order valence-corrected chi connectivity index (χ4v) is 1.40. The van der Waals surface area contributed by atoms with E-state index in [1.54, 1.807) is 6.07 Å². The summed E-state index contributed by atoms with van der Waals surface area (Å²) in [7, 11) is 0. The van der Waals surface area contributed by atoms with Crippen molar-refractivity contribution in [1.29, 1.82) is 0 Å². The SMILES string of the molecule is NC(=O)c1cc2cc(C(=O)O)ccc2[nH]1. The van der Waals surface area contributed by atoms with Crippen LogP contribution in [0.4, 0.5) is 0 Å². The molecule has 1 aromatic carbocycles. The van der Waals surface area contributed by atoms with Crippen LogP contribution in [0, 0.1) is 0 Å². The van der Waals surface area contributed by atoms with Gasteiger partial charge in [0.25, 0.3) is 5.91 Å². The van der Waals surface area contributed by atoms with Gasteiger partial charge in [0.1, 0.15) is 5.69 Å². The van der Waals surface area contributed by atoms with Crippen molar-refractivity contribution in [2.75, 3.05) is 0 Å². The molecule has 1 heterocycles. The van der Waals surface area contributed by atoms with Crippen molar-refractivity contribution in [2.45, 2.75) is 0 Å². The molecule has 0 fully saturated rings. The van der Waals surface area contributed by atoms with Gasteiger partial charge < -0.3 is 15.8 Å². The zero-order chi connectivity index (χ0) is 11.0. The van der Waals surface area contributed by atoms with E-state index in [-0.39, 0.29) is 11.3 Å². The van der Waals surface area contributed by atoms with Crippen LogP contribution in [0.2, 0.25) is 0 Å². The number of amides is 1. The van der Waals surface area contributed by atoms with Crippen molar-refractivity contribution in [1.82, 2.24) is 4.98 Å². The average Bonchev–Trinajstić information content (AvgIpc) is 2.59. The number of carbonyl (C=O) groups is 2. The molecule has 0 unspecified atom stereocenters. The third-order valence-corrected chi connectivity index (χ3v) is 2.13. The number of aromatic carboxylic acids is 1. The number of hydrogen-bond donors (Lipinski definition) is 3. The highest BCUT2D eigenvalue weighted by atomic mass is 16.4. The van der Waals surface area contributed by atoms with Gasteiger partial charge in [-0.15, -0.1) is 0 Å². The van der Waals surface area contributed by atoms with Gasteiger partial charge in [0.2, 0.25) is 0 Å². The number of nitrogens with one attached hydrogen (secondary N) is 1. The van der Waals surface area contributed by atoms with Gasteiger partial charge >= 0.3 is 5.97 Å². The van der Waals surface area contributed by atoms with Crippen LogP contribution in [-0.4, -0.2) is 22.0 Å². The highest BCUT2D eigenvalue weighted by Crippen LogP contribution is 2.17. The van der Waals surface area contributed by atoms with Crippen LogP contribution in [0.5, 0.6) is 0 Å². The van der Waals surface area contributed by atoms with Gasteiger partial charge in [0.05, 0.1) is 5.56 Å². The number of nitrogens with two attached hydrogens (primary N) is 1. The van der Waals surface area contributed by atoms with Gasteiger partial charge in [0.15, 0.2) is 0 Å². The number of carboxylic acids is 1. The molecule has 5 nitrogen and oxygen atoms in total. The van der Waals surface area contributed by atoms with E-state index >= 15 is 0 Å². The standard InChI is InChI=1S/C10H8N2O3/c11-9(13)8-4-6-3-5(10(14)15)1-2-7(6)12-8/h1-4,12H,(H2,11,13)(H,14,15). The van der Waals surface area contributed by atoms with E-state index in [0.29, 0.717) is 10.9 Å². The Morgan fingerprint density at radius 3 is 2.60 bits per heavy atom. The molecule has 0 aliphatic rings. The molecule has 2 rings (SSSR count). The van der Waals surface area contributed by atoms with E-state index in [2.05, 4.69) is 4.98 Å². The van der Waals surface area contributed by atoms with Crippen LogP contribution >= 0.6 is 0 Å². The topological polar surface area (TPSA) is 96.2 Å². The zero-order valence-corrected chi connectivity index (χ0v) is 7.65. The minimum absolute atomic E-state index is 0.178. The summed E-state index contributed by atoms with van der Waals surface area (Å²) in [4.78, 5) is 24.3. The monoisotopic (exact) mass is 204 g/mol. The van der Waals surface area contributed by atoms with Crippen LogP contribution in [0.15, 0.2) is 24.3 Å². The lowest BCUT2D eigenvalue weighted by Gasteiger charge is -1.93. The van der Waals surface area contributed by atoms with Crippen molar-refractivity contribution in [2.24, 2.45) is 5.73 Å². The maximum atomic E-state index is 10.9. The molecule has 0 saturated heterocycles. The first-order valence-electron chi connectivity index (χ1n) is 4.24. The molecule has 0 atom stereocenters. The van der Waals surface area contributed by atoms with Gasteiger partial charge in [-0.25, -0.2) is 4.79 Å². The van der Waals surface area contributed by atoms with Crippen molar-refractivity contribution in [3.8, 4) is 0 Å². The molecule has 1 aromatic heterocycles. The first-order valence-corrected chi connectivity index (χ1v) is 4.24. The number of aromatic amines is 1. The second-order valence-corrected chi connectivity index (χ2v) is 3.15. The quantitative estimate of drug-likeness (QED) is 0.679. The molecule has 0 radical (unpaired) electrons. The zero-order valence-electron chi connectivity index (χ0n) is 7.65. The second-order valence-electron chi connectivity index (χ2n) is 3.15. The van der Waals surface area contributed by atoms with Gasteiger partial charge in [-0.05, 0) is 24.3 Å². The number of benzene rings is 1. The van der Waals surface area contributed by atoms with Crippen LogP contribution in [0.3, 0.4) is 0 Å². The Hall–Kier alpha value is -2.30. The number of rotatable bonds is 2. The molecule has 2 aromatic rings. The lowest BCUT2D eigenvalue weighted by molar-refractivity contribution is 0.0697. The molecular formula is C10H8N2O3. The molecule has 0 saturated carbocycles. The summed E-state index contributed by atoms with van der Waals surface area (Å²) in [6.45, 7) is 0. The van der Waals surface area contributed by atoms with E-state index < -0.39 is 11.9 Å². The highest BCUT2D eigenvalue weighted by Gasteiger charge is 2.08. The predicted octanol–water partition coefficient (Wildman–Crippen LogP) is 0.965. The fraction of sp³-hybridized carbons (Fsp3) is 0.